The Morgan fingerprint density at radius 3 is 2.85 bits per heavy atom. The molecule has 4 heteroatoms. The van der Waals surface area contributed by atoms with E-state index >= 15 is 0 Å². The molecule has 1 saturated heterocycles. The lowest BCUT2D eigenvalue weighted by molar-refractivity contribution is 0.548. The maximum absolute atomic E-state index is 5.98. The predicted molar refractivity (Wildman–Crippen MR) is 85.2 cm³/mol. The molecule has 1 aliphatic heterocycles. The quantitative estimate of drug-likeness (QED) is 0.849. The molecule has 106 valence electrons. The number of aromatic nitrogens is 1. The van der Waals surface area contributed by atoms with Gasteiger partial charge >= 0.3 is 0 Å². The van der Waals surface area contributed by atoms with Gasteiger partial charge in [0.1, 0.15) is 10.8 Å². The Morgan fingerprint density at radius 1 is 1.30 bits per heavy atom. The highest BCUT2D eigenvalue weighted by Crippen LogP contribution is 2.41. The molecule has 0 aromatic carbocycles. The van der Waals surface area contributed by atoms with E-state index in [1.165, 1.54) is 43.4 Å². The van der Waals surface area contributed by atoms with Gasteiger partial charge in [-0.3, -0.25) is 0 Å². The van der Waals surface area contributed by atoms with E-state index in [2.05, 4.69) is 11.0 Å². The first-order chi connectivity index (χ1) is 9.72. The van der Waals surface area contributed by atoms with Crippen molar-refractivity contribution in [2.75, 3.05) is 11.4 Å². The zero-order valence-corrected chi connectivity index (χ0v) is 12.6. The molecule has 2 heterocycles. The van der Waals surface area contributed by atoms with Gasteiger partial charge in [0, 0.05) is 18.3 Å². The van der Waals surface area contributed by atoms with Crippen LogP contribution in [0.25, 0.3) is 0 Å². The second-order valence-corrected chi connectivity index (χ2v) is 6.96. The summed E-state index contributed by atoms with van der Waals surface area (Å²) in [6.07, 6.45) is 8.79. The van der Waals surface area contributed by atoms with Crippen molar-refractivity contribution in [3.05, 3.63) is 22.9 Å². The summed E-state index contributed by atoms with van der Waals surface area (Å²) < 4.78 is 0. The second kappa shape index (κ2) is 4.69. The van der Waals surface area contributed by atoms with Crippen molar-refractivity contribution in [3.63, 3.8) is 0 Å². The maximum atomic E-state index is 5.98. The molecule has 2 atom stereocenters. The van der Waals surface area contributed by atoms with Crippen molar-refractivity contribution < 1.29 is 0 Å². The lowest BCUT2D eigenvalue weighted by atomic mass is 9.94. The van der Waals surface area contributed by atoms with E-state index < -0.39 is 0 Å². The molecule has 3 aliphatic rings. The van der Waals surface area contributed by atoms with Crippen molar-refractivity contribution in [3.8, 4) is 0 Å². The lowest BCUT2D eigenvalue weighted by Gasteiger charge is -2.31. The number of pyridine rings is 1. The van der Waals surface area contributed by atoms with Crippen LogP contribution >= 0.6 is 12.2 Å². The van der Waals surface area contributed by atoms with Gasteiger partial charge in [0.25, 0.3) is 0 Å². The van der Waals surface area contributed by atoms with Gasteiger partial charge in [-0.25, -0.2) is 4.98 Å². The van der Waals surface area contributed by atoms with E-state index in [0.29, 0.717) is 11.0 Å². The van der Waals surface area contributed by atoms with Gasteiger partial charge in [0.05, 0.1) is 5.56 Å². The summed E-state index contributed by atoms with van der Waals surface area (Å²) in [6.45, 7) is 1.14. The maximum Gasteiger partial charge on any atom is 0.139 e. The van der Waals surface area contributed by atoms with Crippen LogP contribution < -0.4 is 10.6 Å². The molecule has 4 rings (SSSR count). The molecule has 3 nitrogen and oxygen atoms in total. The van der Waals surface area contributed by atoms with E-state index in [9.17, 15) is 0 Å². The highest BCUT2D eigenvalue weighted by Gasteiger charge is 2.39. The summed E-state index contributed by atoms with van der Waals surface area (Å²) in [5, 5.41) is 0. The number of nitrogens with zero attached hydrogens (tertiary/aromatic N) is 2. The third-order valence-electron chi connectivity index (χ3n) is 5.23. The molecule has 1 saturated carbocycles. The van der Waals surface area contributed by atoms with Gasteiger partial charge in [-0.15, -0.1) is 0 Å². The molecule has 1 aromatic heterocycles. The van der Waals surface area contributed by atoms with Crippen LogP contribution in [-0.2, 0) is 12.8 Å². The molecule has 0 radical (unpaired) electrons. The fraction of sp³-hybridized carbons (Fsp3) is 0.625. The monoisotopic (exact) mass is 287 g/mol. The minimum atomic E-state index is 0.503. The Balaban J connectivity index is 1.78. The number of fused-ring (bicyclic) bond motifs is 3. The highest BCUT2D eigenvalue weighted by atomic mass is 32.1. The minimum Gasteiger partial charge on any atom is -0.389 e. The first-order valence-electron chi connectivity index (χ1n) is 7.81. The second-order valence-electron chi connectivity index (χ2n) is 6.52. The summed E-state index contributed by atoms with van der Waals surface area (Å²) in [5.41, 5.74) is 9.64. The first kappa shape index (κ1) is 12.6. The van der Waals surface area contributed by atoms with E-state index in [1.54, 1.807) is 0 Å². The number of thiocarbonyl (C=S) groups is 1. The molecule has 20 heavy (non-hydrogen) atoms. The van der Waals surface area contributed by atoms with Crippen LogP contribution in [0.5, 0.6) is 0 Å². The fourth-order valence-electron chi connectivity index (χ4n) is 4.21. The Labute approximate surface area is 125 Å². The molecule has 2 bridgehead atoms. The van der Waals surface area contributed by atoms with Crippen molar-refractivity contribution in [2.45, 2.75) is 51.0 Å². The Hall–Kier alpha value is -1.16. The fourth-order valence-corrected chi connectivity index (χ4v) is 4.36. The number of hydrogen-bond donors (Lipinski definition) is 1. The van der Waals surface area contributed by atoms with Gasteiger partial charge < -0.3 is 10.6 Å². The van der Waals surface area contributed by atoms with Gasteiger partial charge in [0.15, 0.2) is 0 Å². The van der Waals surface area contributed by atoms with Crippen LogP contribution in [0, 0.1) is 5.92 Å². The summed E-state index contributed by atoms with van der Waals surface area (Å²) in [4.78, 5) is 7.98. The van der Waals surface area contributed by atoms with E-state index in [1.807, 2.05) is 0 Å². The molecule has 2 N–H and O–H groups in total. The number of aryl methyl sites for hydroxylation is 2. The number of anilines is 1. The van der Waals surface area contributed by atoms with Gasteiger partial charge in [0.2, 0.25) is 0 Å². The number of piperidine rings is 1. The van der Waals surface area contributed by atoms with Crippen molar-refractivity contribution in [2.24, 2.45) is 11.7 Å². The zero-order valence-electron chi connectivity index (χ0n) is 11.8. The van der Waals surface area contributed by atoms with Crippen molar-refractivity contribution in [1.82, 2.24) is 4.98 Å². The van der Waals surface area contributed by atoms with Gasteiger partial charge in [-0.1, -0.05) is 12.2 Å². The smallest absolute Gasteiger partial charge is 0.139 e. The highest BCUT2D eigenvalue weighted by molar-refractivity contribution is 7.80. The Bertz CT molecular complexity index is 569. The number of hydrogen-bond acceptors (Lipinski definition) is 3. The molecular weight excluding hydrogens is 266 g/mol. The standard InChI is InChI=1S/C16H21N3S/c17-15(20)13-8-11-3-1-2-4-14(11)18-16(13)19-9-10-5-6-12(19)7-10/h8,10,12H,1-7,9H2,(H2,17,20). The van der Waals surface area contributed by atoms with Crippen LogP contribution in [-0.4, -0.2) is 22.6 Å². The van der Waals surface area contributed by atoms with Gasteiger partial charge in [-0.2, -0.15) is 0 Å². The molecule has 0 amide bonds. The predicted octanol–water partition coefficient (Wildman–Crippen LogP) is 2.58. The van der Waals surface area contributed by atoms with Gasteiger partial charge in [-0.05, 0) is 62.5 Å². The minimum absolute atomic E-state index is 0.503. The Morgan fingerprint density at radius 2 is 2.15 bits per heavy atom. The zero-order chi connectivity index (χ0) is 13.7. The first-order valence-corrected chi connectivity index (χ1v) is 8.22. The summed E-state index contributed by atoms with van der Waals surface area (Å²) in [7, 11) is 0. The van der Waals surface area contributed by atoms with E-state index in [4.69, 9.17) is 22.9 Å². The van der Waals surface area contributed by atoms with Crippen LogP contribution in [0.3, 0.4) is 0 Å². The van der Waals surface area contributed by atoms with Crippen LogP contribution in [0.15, 0.2) is 6.07 Å². The molecular formula is C16H21N3S. The van der Waals surface area contributed by atoms with E-state index in [-0.39, 0.29) is 0 Å². The Kier molecular flexibility index (Phi) is 2.95. The summed E-state index contributed by atoms with van der Waals surface area (Å²) in [5.74, 6) is 1.93. The van der Waals surface area contributed by atoms with E-state index in [0.717, 1.165) is 36.7 Å². The lowest BCUT2D eigenvalue weighted by Crippen LogP contribution is -2.35. The normalized spacial score (nSPS) is 27.7. The third-order valence-corrected chi connectivity index (χ3v) is 5.45. The molecule has 0 spiro atoms. The SMILES string of the molecule is NC(=S)c1cc2c(nc1N1CC3CCC1C3)CCCC2. The average Bonchev–Trinajstić information content (AvgIpc) is 3.08. The largest absolute Gasteiger partial charge is 0.389 e. The number of rotatable bonds is 2. The number of nitrogens with two attached hydrogens (primary N) is 1. The molecule has 2 unspecified atom stereocenters. The van der Waals surface area contributed by atoms with Crippen molar-refractivity contribution in [1.29, 1.82) is 0 Å². The topological polar surface area (TPSA) is 42.1 Å². The molecule has 2 aliphatic carbocycles. The third kappa shape index (κ3) is 1.93. The van der Waals surface area contributed by atoms with Crippen LogP contribution in [0.4, 0.5) is 5.82 Å². The molecule has 2 fully saturated rings. The summed E-state index contributed by atoms with van der Waals surface area (Å²) in [6, 6.07) is 2.90. The average molecular weight is 287 g/mol. The van der Waals surface area contributed by atoms with Crippen LogP contribution in [0.1, 0.15) is 48.9 Å². The van der Waals surface area contributed by atoms with Crippen molar-refractivity contribution >= 4 is 23.0 Å². The van der Waals surface area contributed by atoms with Crippen LogP contribution in [0.2, 0.25) is 0 Å². The molecule has 1 aromatic rings. The summed E-state index contributed by atoms with van der Waals surface area (Å²) >= 11 is 5.29.